The van der Waals surface area contributed by atoms with Crippen molar-refractivity contribution in [3.05, 3.63) is 35.9 Å². The lowest BCUT2D eigenvalue weighted by atomic mass is 10.1. The van der Waals surface area contributed by atoms with E-state index < -0.39 is 6.10 Å². The van der Waals surface area contributed by atoms with E-state index in [4.69, 9.17) is 0 Å². The summed E-state index contributed by atoms with van der Waals surface area (Å²) in [6.07, 6.45) is -0.493. The number of nitrogens with one attached hydrogen (secondary N) is 2. The second kappa shape index (κ2) is 5.64. The van der Waals surface area contributed by atoms with Gasteiger partial charge in [-0.1, -0.05) is 30.3 Å². The maximum Gasteiger partial charge on any atom is 0.225 e. The highest BCUT2D eigenvalue weighted by Gasteiger charge is 2.27. The molecule has 3 N–H and O–H groups in total. The summed E-state index contributed by atoms with van der Waals surface area (Å²) in [5.41, 5.74) is 0.762. The van der Waals surface area contributed by atoms with Crippen LogP contribution in [0.5, 0.6) is 0 Å². The highest BCUT2D eigenvalue weighted by molar-refractivity contribution is 5.89. The van der Waals surface area contributed by atoms with E-state index >= 15 is 0 Å². The summed E-state index contributed by atoms with van der Waals surface area (Å²) in [5, 5.41) is 15.1. The Kier molecular flexibility index (Phi) is 3.94. The minimum absolute atomic E-state index is 0.0984. The molecule has 1 heterocycles. The van der Waals surface area contributed by atoms with Gasteiger partial charge in [0.25, 0.3) is 0 Å². The summed E-state index contributed by atoms with van der Waals surface area (Å²) in [6, 6.07) is 9.14. The number of hydrogen-bond donors (Lipinski definition) is 3. The first-order chi connectivity index (χ1) is 8.66. The summed E-state index contributed by atoms with van der Waals surface area (Å²) in [4.78, 5) is 22.7. The molecular weight excluding hydrogens is 232 g/mol. The molecule has 0 aliphatic carbocycles. The number of aliphatic hydroxyl groups is 1. The average molecular weight is 248 g/mol. The molecular formula is C13H16N2O3. The fraction of sp³-hybridized carbons (Fsp3) is 0.385. The molecule has 96 valence electrons. The maximum atomic E-state index is 11.7. The third kappa shape index (κ3) is 3.07. The average Bonchev–Trinajstić information content (AvgIpc) is 2.83. The monoisotopic (exact) mass is 248 g/mol. The molecule has 1 aromatic rings. The van der Waals surface area contributed by atoms with Gasteiger partial charge in [-0.2, -0.15) is 0 Å². The lowest BCUT2D eigenvalue weighted by molar-refractivity contribution is -0.126. The predicted octanol–water partition coefficient (Wildman–Crippen LogP) is -0.0277. The molecule has 0 aromatic heterocycles. The van der Waals surface area contributed by atoms with Gasteiger partial charge in [0, 0.05) is 19.5 Å². The van der Waals surface area contributed by atoms with Gasteiger partial charge in [0.15, 0.2) is 0 Å². The van der Waals surface area contributed by atoms with Crippen LogP contribution in [0.15, 0.2) is 30.3 Å². The molecule has 18 heavy (non-hydrogen) atoms. The minimum Gasteiger partial charge on any atom is -0.387 e. The van der Waals surface area contributed by atoms with Gasteiger partial charge in [0.1, 0.15) is 0 Å². The van der Waals surface area contributed by atoms with E-state index in [0.29, 0.717) is 6.54 Å². The van der Waals surface area contributed by atoms with Gasteiger partial charge in [-0.25, -0.2) is 0 Å². The van der Waals surface area contributed by atoms with Crippen LogP contribution in [0, 0.1) is 5.92 Å². The zero-order valence-electron chi connectivity index (χ0n) is 9.93. The fourth-order valence-electron chi connectivity index (χ4n) is 1.93. The summed E-state index contributed by atoms with van der Waals surface area (Å²) in [5.74, 6) is -0.609. The van der Waals surface area contributed by atoms with Gasteiger partial charge in [-0.3, -0.25) is 9.59 Å². The number of carbonyl (C=O) groups excluding carboxylic acids is 2. The Hall–Kier alpha value is -1.88. The van der Waals surface area contributed by atoms with Crippen LogP contribution in [0.3, 0.4) is 0 Å². The molecule has 1 fully saturated rings. The van der Waals surface area contributed by atoms with Crippen LogP contribution in [0.1, 0.15) is 18.1 Å². The Morgan fingerprint density at radius 2 is 2.17 bits per heavy atom. The standard InChI is InChI=1S/C13H16N2O3/c16-11(9-4-2-1-3-5-9)8-15-13(18)10-6-12(17)14-7-10/h1-5,10-11,16H,6-8H2,(H,14,17)(H,15,18). The van der Waals surface area contributed by atoms with Crippen LogP contribution in [-0.4, -0.2) is 30.0 Å². The fourth-order valence-corrected chi connectivity index (χ4v) is 1.93. The summed E-state index contributed by atoms with van der Waals surface area (Å²) < 4.78 is 0. The van der Waals surface area contributed by atoms with Crippen molar-refractivity contribution in [1.29, 1.82) is 0 Å². The third-order valence-electron chi connectivity index (χ3n) is 3.00. The maximum absolute atomic E-state index is 11.7. The SMILES string of the molecule is O=C1CC(C(=O)NCC(O)c2ccccc2)CN1. The molecule has 5 nitrogen and oxygen atoms in total. The van der Waals surface area contributed by atoms with Crippen LogP contribution in [0.25, 0.3) is 0 Å². The predicted molar refractivity (Wildman–Crippen MR) is 65.5 cm³/mol. The van der Waals surface area contributed by atoms with Crippen molar-refractivity contribution in [2.24, 2.45) is 5.92 Å². The molecule has 2 rings (SSSR count). The summed E-state index contributed by atoms with van der Waals surface area (Å²) in [6.45, 7) is 0.541. The van der Waals surface area contributed by atoms with Crippen molar-refractivity contribution in [3.8, 4) is 0 Å². The van der Waals surface area contributed by atoms with Crippen LogP contribution in [0.2, 0.25) is 0 Å². The largest absolute Gasteiger partial charge is 0.387 e. The van der Waals surface area contributed by atoms with E-state index in [-0.39, 0.29) is 30.7 Å². The lowest BCUT2D eigenvalue weighted by Crippen LogP contribution is -2.34. The Balaban J connectivity index is 1.81. The van der Waals surface area contributed by atoms with E-state index in [9.17, 15) is 14.7 Å². The lowest BCUT2D eigenvalue weighted by Gasteiger charge is -2.14. The van der Waals surface area contributed by atoms with E-state index in [2.05, 4.69) is 10.6 Å². The molecule has 2 amide bonds. The summed E-state index contributed by atoms with van der Waals surface area (Å²) >= 11 is 0. The Morgan fingerprint density at radius 3 is 2.78 bits per heavy atom. The third-order valence-corrected chi connectivity index (χ3v) is 3.00. The second-order valence-electron chi connectivity index (χ2n) is 4.38. The highest BCUT2D eigenvalue weighted by atomic mass is 16.3. The molecule has 0 saturated carbocycles. The van der Waals surface area contributed by atoms with Crippen molar-refractivity contribution in [2.75, 3.05) is 13.1 Å². The van der Waals surface area contributed by atoms with Gasteiger partial charge in [0.05, 0.1) is 12.0 Å². The number of rotatable bonds is 4. The number of hydrogen-bond acceptors (Lipinski definition) is 3. The van der Waals surface area contributed by atoms with Crippen LogP contribution in [0.4, 0.5) is 0 Å². The molecule has 1 aliphatic heterocycles. The van der Waals surface area contributed by atoms with Crippen LogP contribution >= 0.6 is 0 Å². The molecule has 2 unspecified atom stereocenters. The van der Waals surface area contributed by atoms with Gasteiger partial charge in [-0.15, -0.1) is 0 Å². The topological polar surface area (TPSA) is 78.4 Å². The quantitative estimate of drug-likeness (QED) is 0.700. The van der Waals surface area contributed by atoms with Crippen molar-refractivity contribution < 1.29 is 14.7 Å². The first-order valence-corrected chi connectivity index (χ1v) is 5.94. The Morgan fingerprint density at radius 1 is 1.44 bits per heavy atom. The molecule has 2 atom stereocenters. The van der Waals surface area contributed by atoms with Crippen molar-refractivity contribution in [1.82, 2.24) is 10.6 Å². The number of carbonyl (C=O) groups is 2. The Labute approximate surface area is 105 Å². The minimum atomic E-state index is -0.722. The molecule has 5 heteroatoms. The van der Waals surface area contributed by atoms with Gasteiger partial charge >= 0.3 is 0 Å². The van der Waals surface area contributed by atoms with Crippen LogP contribution < -0.4 is 10.6 Å². The van der Waals surface area contributed by atoms with Gasteiger partial charge in [0.2, 0.25) is 11.8 Å². The first-order valence-electron chi connectivity index (χ1n) is 5.94. The van der Waals surface area contributed by atoms with E-state index in [0.717, 1.165) is 5.56 Å². The molecule has 1 aromatic carbocycles. The normalized spacial score (nSPS) is 20.3. The van der Waals surface area contributed by atoms with Gasteiger partial charge in [-0.05, 0) is 5.56 Å². The van der Waals surface area contributed by atoms with Crippen molar-refractivity contribution in [3.63, 3.8) is 0 Å². The second-order valence-corrected chi connectivity index (χ2v) is 4.38. The molecule has 0 radical (unpaired) electrons. The number of amides is 2. The van der Waals surface area contributed by atoms with E-state index in [1.54, 1.807) is 12.1 Å². The van der Waals surface area contributed by atoms with Crippen molar-refractivity contribution >= 4 is 11.8 Å². The molecule has 0 spiro atoms. The smallest absolute Gasteiger partial charge is 0.225 e. The zero-order chi connectivity index (χ0) is 13.0. The van der Waals surface area contributed by atoms with E-state index in [1.165, 1.54) is 0 Å². The summed E-state index contributed by atoms with van der Waals surface area (Å²) in [7, 11) is 0. The molecule has 1 saturated heterocycles. The zero-order valence-corrected chi connectivity index (χ0v) is 9.93. The molecule has 0 bridgehead atoms. The van der Waals surface area contributed by atoms with Crippen LogP contribution in [-0.2, 0) is 9.59 Å². The number of benzene rings is 1. The van der Waals surface area contributed by atoms with Crippen molar-refractivity contribution in [2.45, 2.75) is 12.5 Å². The van der Waals surface area contributed by atoms with E-state index in [1.807, 2.05) is 18.2 Å². The first kappa shape index (κ1) is 12.6. The van der Waals surface area contributed by atoms with Gasteiger partial charge < -0.3 is 15.7 Å². The molecule has 1 aliphatic rings. The Bertz CT molecular complexity index is 433. The highest BCUT2D eigenvalue weighted by Crippen LogP contribution is 2.12. The number of aliphatic hydroxyl groups excluding tert-OH is 1.